The topological polar surface area (TPSA) is 40.5 Å². The van der Waals surface area contributed by atoms with Crippen molar-refractivity contribution in [3.05, 3.63) is 25.3 Å². The Bertz CT molecular complexity index is 108. The van der Waals surface area contributed by atoms with Crippen LogP contribution in [-0.4, -0.2) is 16.5 Å². The summed E-state index contributed by atoms with van der Waals surface area (Å²) in [5, 5.41) is 17.1. The number of hydrogen-bond acceptors (Lipinski definition) is 2. The Hall–Kier alpha value is -0.600. The Kier molecular flexibility index (Phi) is 12.1. The van der Waals surface area contributed by atoms with Gasteiger partial charge in [0.2, 0.25) is 0 Å². The monoisotopic (exact) mass is 172 g/mol. The van der Waals surface area contributed by atoms with Crippen LogP contribution in [0.2, 0.25) is 0 Å². The maximum Gasteiger partial charge on any atom is 0.152 e. The van der Waals surface area contributed by atoms with E-state index in [-0.39, 0.29) is 5.92 Å². The van der Waals surface area contributed by atoms with E-state index in [0.717, 1.165) is 6.42 Å². The van der Waals surface area contributed by atoms with Gasteiger partial charge in [0.05, 0.1) is 0 Å². The first-order valence-corrected chi connectivity index (χ1v) is 4.30. The van der Waals surface area contributed by atoms with Crippen LogP contribution in [0.1, 0.15) is 26.7 Å². The zero-order chi connectivity index (χ0) is 9.98. The van der Waals surface area contributed by atoms with Gasteiger partial charge in [-0.2, -0.15) is 0 Å². The Balaban J connectivity index is 0. The van der Waals surface area contributed by atoms with Gasteiger partial charge in [-0.3, -0.25) is 0 Å². The van der Waals surface area contributed by atoms with E-state index in [1.807, 2.05) is 13.8 Å². The second-order valence-corrected chi connectivity index (χ2v) is 2.24. The van der Waals surface area contributed by atoms with E-state index >= 15 is 0 Å². The predicted molar refractivity (Wildman–Crippen MR) is 52.7 cm³/mol. The number of aliphatic hydroxyl groups excluding tert-OH is 1. The van der Waals surface area contributed by atoms with Gasteiger partial charge < -0.3 is 10.2 Å². The summed E-state index contributed by atoms with van der Waals surface area (Å²) in [7, 11) is 0. The fourth-order valence-corrected chi connectivity index (χ4v) is 0.774. The Morgan fingerprint density at radius 1 is 1.25 bits per heavy atom. The van der Waals surface area contributed by atoms with Gasteiger partial charge in [-0.1, -0.05) is 26.0 Å². The van der Waals surface area contributed by atoms with E-state index in [4.69, 9.17) is 10.2 Å². The summed E-state index contributed by atoms with van der Waals surface area (Å²) in [5.41, 5.74) is 0. The molecule has 0 amide bonds. The van der Waals surface area contributed by atoms with Crippen molar-refractivity contribution in [3.63, 3.8) is 0 Å². The molecule has 0 radical (unpaired) electrons. The lowest BCUT2D eigenvalue weighted by atomic mass is 10.0. The van der Waals surface area contributed by atoms with Crippen molar-refractivity contribution in [2.24, 2.45) is 5.92 Å². The molecule has 2 N–H and O–H groups in total. The third-order valence-corrected chi connectivity index (χ3v) is 1.32. The van der Waals surface area contributed by atoms with Gasteiger partial charge in [-0.25, -0.2) is 0 Å². The molecule has 0 heterocycles. The molecular formula is C10H20O2. The minimum Gasteiger partial charge on any atom is -0.368 e. The second kappa shape index (κ2) is 10.4. The number of hydrogen-bond donors (Lipinski definition) is 2. The summed E-state index contributed by atoms with van der Waals surface area (Å²) in [6, 6.07) is 0. The van der Waals surface area contributed by atoms with Crippen molar-refractivity contribution in [1.29, 1.82) is 0 Å². The number of aliphatic hydroxyl groups is 2. The molecule has 2 heteroatoms. The minimum absolute atomic E-state index is 0.137. The molecule has 0 spiro atoms. The highest BCUT2D eigenvalue weighted by Crippen LogP contribution is 2.11. The molecule has 0 saturated heterocycles. The highest BCUT2D eigenvalue weighted by Gasteiger charge is 2.05. The van der Waals surface area contributed by atoms with Gasteiger partial charge in [0, 0.05) is 6.42 Å². The van der Waals surface area contributed by atoms with Crippen LogP contribution in [0.25, 0.3) is 0 Å². The molecule has 2 nitrogen and oxygen atoms in total. The van der Waals surface area contributed by atoms with Crippen LogP contribution < -0.4 is 0 Å². The van der Waals surface area contributed by atoms with E-state index in [1.54, 1.807) is 12.2 Å². The van der Waals surface area contributed by atoms with Gasteiger partial charge in [0.15, 0.2) is 6.29 Å². The lowest BCUT2D eigenvalue weighted by Gasteiger charge is -2.10. The van der Waals surface area contributed by atoms with Gasteiger partial charge in [0.1, 0.15) is 0 Å². The van der Waals surface area contributed by atoms with Crippen LogP contribution in [0, 0.1) is 5.92 Å². The summed E-state index contributed by atoms with van der Waals surface area (Å²) >= 11 is 0. The molecule has 12 heavy (non-hydrogen) atoms. The molecule has 0 aliphatic heterocycles. The summed E-state index contributed by atoms with van der Waals surface area (Å²) in [6.07, 6.45) is 3.31. The van der Waals surface area contributed by atoms with Crippen LogP contribution in [0.4, 0.5) is 0 Å². The average molecular weight is 172 g/mol. The standard InChI is InChI=1S/C8H14O2.C2H6/c1-3-5-7(4-2)6-8(9)10;1-2/h3-4,7-10H,1-2,5-6H2;1-2H3. The van der Waals surface area contributed by atoms with Gasteiger partial charge in [-0.15, -0.1) is 13.2 Å². The first-order valence-electron chi connectivity index (χ1n) is 4.30. The van der Waals surface area contributed by atoms with Crippen LogP contribution in [0.3, 0.4) is 0 Å². The van der Waals surface area contributed by atoms with Crippen molar-refractivity contribution >= 4 is 0 Å². The Labute approximate surface area is 75.2 Å². The zero-order valence-electron chi connectivity index (χ0n) is 8.03. The van der Waals surface area contributed by atoms with E-state index in [1.165, 1.54) is 0 Å². The molecule has 0 bridgehead atoms. The van der Waals surface area contributed by atoms with E-state index in [9.17, 15) is 0 Å². The van der Waals surface area contributed by atoms with Gasteiger partial charge in [0.25, 0.3) is 0 Å². The maximum atomic E-state index is 8.55. The first-order chi connectivity index (χ1) is 5.70. The highest BCUT2D eigenvalue weighted by atomic mass is 16.5. The molecule has 0 aromatic rings. The second-order valence-electron chi connectivity index (χ2n) is 2.24. The lowest BCUT2D eigenvalue weighted by Crippen LogP contribution is -2.10. The zero-order valence-corrected chi connectivity index (χ0v) is 8.03. The molecule has 0 aromatic heterocycles. The van der Waals surface area contributed by atoms with Crippen LogP contribution in [-0.2, 0) is 0 Å². The van der Waals surface area contributed by atoms with Crippen molar-refractivity contribution in [1.82, 2.24) is 0 Å². The number of rotatable bonds is 5. The van der Waals surface area contributed by atoms with Gasteiger partial charge in [-0.05, 0) is 12.3 Å². The maximum absolute atomic E-state index is 8.55. The predicted octanol–water partition coefficient (Wildman–Crippen LogP) is 2.09. The molecule has 1 atom stereocenters. The molecule has 0 rings (SSSR count). The minimum atomic E-state index is -1.23. The normalized spacial score (nSPS) is 11.4. The largest absolute Gasteiger partial charge is 0.368 e. The lowest BCUT2D eigenvalue weighted by molar-refractivity contribution is -0.0520. The fourth-order valence-electron chi connectivity index (χ4n) is 0.774. The van der Waals surface area contributed by atoms with Gasteiger partial charge >= 0.3 is 0 Å². The molecule has 72 valence electrons. The quantitative estimate of drug-likeness (QED) is 0.492. The molecular weight excluding hydrogens is 152 g/mol. The Morgan fingerprint density at radius 2 is 1.75 bits per heavy atom. The highest BCUT2D eigenvalue weighted by molar-refractivity contribution is 4.85. The summed E-state index contributed by atoms with van der Waals surface area (Å²) < 4.78 is 0. The third kappa shape index (κ3) is 9.40. The van der Waals surface area contributed by atoms with Crippen molar-refractivity contribution in [3.8, 4) is 0 Å². The van der Waals surface area contributed by atoms with Crippen LogP contribution in [0.5, 0.6) is 0 Å². The molecule has 0 fully saturated rings. The molecule has 1 unspecified atom stereocenters. The summed E-state index contributed by atoms with van der Waals surface area (Å²) in [5.74, 6) is 0.137. The number of allylic oxidation sites excluding steroid dienone is 2. The van der Waals surface area contributed by atoms with E-state index in [0.29, 0.717) is 6.42 Å². The van der Waals surface area contributed by atoms with E-state index < -0.39 is 6.29 Å². The summed E-state index contributed by atoms with van der Waals surface area (Å²) in [6.45, 7) is 11.1. The molecule has 0 aliphatic rings. The SMILES string of the molecule is C=CCC(C=C)CC(O)O.CC. The Morgan fingerprint density at radius 3 is 2.00 bits per heavy atom. The molecule has 0 saturated carbocycles. The fraction of sp³-hybridized carbons (Fsp3) is 0.600. The summed E-state index contributed by atoms with van der Waals surface area (Å²) in [4.78, 5) is 0. The third-order valence-electron chi connectivity index (χ3n) is 1.32. The first kappa shape index (κ1) is 14.0. The van der Waals surface area contributed by atoms with E-state index in [2.05, 4.69) is 13.2 Å². The van der Waals surface area contributed by atoms with Crippen LogP contribution in [0.15, 0.2) is 25.3 Å². The van der Waals surface area contributed by atoms with Crippen molar-refractivity contribution in [2.75, 3.05) is 0 Å². The van der Waals surface area contributed by atoms with Crippen molar-refractivity contribution < 1.29 is 10.2 Å². The molecule has 0 aliphatic carbocycles. The smallest absolute Gasteiger partial charge is 0.152 e. The molecule has 0 aromatic carbocycles. The van der Waals surface area contributed by atoms with Crippen LogP contribution >= 0.6 is 0 Å². The average Bonchev–Trinajstić information content (AvgIpc) is 2.07. The van der Waals surface area contributed by atoms with Crippen molar-refractivity contribution in [2.45, 2.75) is 33.0 Å².